The van der Waals surface area contributed by atoms with Crippen LogP contribution in [0.4, 0.5) is 24.5 Å². The number of nitrogens with zero attached hydrogens (tertiary/aromatic N) is 3. The number of carbonyl (C=O) groups is 1. The van der Waals surface area contributed by atoms with Gasteiger partial charge < -0.3 is 21.1 Å². The Morgan fingerprint density at radius 3 is 2.78 bits per heavy atom. The summed E-state index contributed by atoms with van der Waals surface area (Å²) in [6, 6.07) is 4.77. The average Bonchev–Trinajstić information content (AvgIpc) is 2.85. The molecule has 2 aromatic heterocycles. The molecule has 1 atom stereocenters. The van der Waals surface area contributed by atoms with E-state index in [-0.39, 0.29) is 36.2 Å². The lowest BCUT2D eigenvalue weighted by Gasteiger charge is -2.33. The average molecular weight is 500 g/mol. The summed E-state index contributed by atoms with van der Waals surface area (Å²) in [5.41, 5.74) is 11.6. The van der Waals surface area contributed by atoms with Crippen LogP contribution >= 0.6 is 0 Å². The highest BCUT2D eigenvalue weighted by molar-refractivity contribution is 6.01. The number of pyridine rings is 2. The van der Waals surface area contributed by atoms with E-state index in [4.69, 9.17) is 16.2 Å². The highest BCUT2D eigenvalue weighted by Crippen LogP contribution is 2.34. The van der Waals surface area contributed by atoms with E-state index in [9.17, 15) is 13.6 Å². The molecule has 3 heterocycles. The largest absolute Gasteiger partial charge is 0.491 e. The molecule has 1 aromatic carbocycles. The van der Waals surface area contributed by atoms with Crippen LogP contribution in [0.5, 0.6) is 5.75 Å². The number of hydrogen-bond acceptors (Lipinski definition) is 7. The maximum atomic E-state index is 15.1. The van der Waals surface area contributed by atoms with Crippen LogP contribution in [0.15, 0.2) is 36.7 Å². The molecule has 0 radical (unpaired) electrons. The van der Waals surface area contributed by atoms with Gasteiger partial charge in [-0.2, -0.15) is 0 Å². The molecule has 4 N–H and O–H groups in total. The molecule has 0 bridgehead atoms. The first kappa shape index (κ1) is 25.4. The number of benzene rings is 1. The summed E-state index contributed by atoms with van der Waals surface area (Å²) in [6.45, 7) is 3.45. The third-order valence-electron chi connectivity index (χ3n) is 6.05. The summed E-state index contributed by atoms with van der Waals surface area (Å²) >= 11 is 0. The standard InChI is InChI=1S/C26H28F3N5O2/c1-2-10-36-22-6-5-17(27)23(24(22)29)25-18(28)12-19(31)26(33-25)21(35)11-15-13-32-8-7-20(15)34-9-3-4-16(30)14-34/h5-8,12-13,16H,2-4,9-11,14,30-31H2,1H3/t16-/m0/s1. The number of Topliss-reactive ketones (excluding diaryl/α,β-unsaturated/α-hetero) is 1. The minimum atomic E-state index is -1.10. The number of anilines is 2. The fourth-order valence-corrected chi connectivity index (χ4v) is 4.33. The Balaban J connectivity index is 1.69. The third kappa shape index (κ3) is 5.28. The Labute approximate surface area is 207 Å². The van der Waals surface area contributed by atoms with Crippen molar-refractivity contribution >= 4 is 17.2 Å². The van der Waals surface area contributed by atoms with Crippen LogP contribution in [0, 0.1) is 17.5 Å². The van der Waals surface area contributed by atoms with Gasteiger partial charge in [-0.3, -0.25) is 9.78 Å². The molecule has 1 aliphatic heterocycles. The summed E-state index contributed by atoms with van der Waals surface area (Å²) in [6.07, 6.45) is 5.51. The Bertz CT molecular complexity index is 1270. The molecule has 0 saturated carbocycles. The predicted octanol–water partition coefficient (Wildman–Crippen LogP) is 4.28. The van der Waals surface area contributed by atoms with Gasteiger partial charge in [0, 0.05) is 55.3 Å². The van der Waals surface area contributed by atoms with E-state index in [0.29, 0.717) is 18.5 Å². The molecular formula is C26H28F3N5O2. The fourth-order valence-electron chi connectivity index (χ4n) is 4.33. The lowest BCUT2D eigenvalue weighted by Crippen LogP contribution is -2.43. The van der Waals surface area contributed by atoms with E-state index in [2.05, 4.69) is 14.9 Å². The zero-order chi connectivity index (χ0) is 25.8. The first-order valence-corrected chi connectivity index (χ1v) is 11.8. The van der Waals surface area contributed by atoms with Gasteiger partial charge in [0.25, 0.3) is 0 Å². The summed E-state index contributed by atoms with van der Waals surface area (Å²) < 4.78 is 49.9. The molecule has 36 heavy (non-hydrogen) atoms. The van der Waals surface area contributed by atoms with Crippen molar-refractivity contribution in [1.82, 2.24) is 9.97 Å². The number of nitrogens with two attached hydrogens (primary N) is 2. The van der Waals surface area contributed by atoms with Gasteiger partial charge in [0.1, 0.15) is 17.2 Å². The maximum absolute atomic E-state index is 15.1. The molecule has 10 heteroatoms. The van der Waals surface area contributed by atoms with Gasteiger partial charge in [0.2, 0.25) is 0 Å². The van der Waals surface area contributed by atoms with Crippen molar-refractivity contribution in [2.45, 2.75) is 38.6 Å². The molecule has 0 spiro atoms. The van der Waals surface area contributed by atoms with Crippen LogP contribution in [0.3, 0.4) is 0 Å². The summed E-state index contributed by atoms with van der Waals surface area (Å²) in [4.78, 5) is 23.5. The minimum Gasteiger partial charge on any atom is -0.491 e. The van der Waals surface area contributed by atoms with Crippen molar-refractivity contribution in [1.29, 1.82) is 0 Å². The summed E-state index contributed by atoms with van der Waals surface area (Å²) in [7, 11) is 0. The van der Waals surface area contributed by atoms with Gasteiger partial charge >= 0.3 is 0 Å². The molecule has 1 fully saturated rings. The van der Waals surface area contributed by atoms with E-state index in [0.717, 1.165) is 43.3 Å². The Morgan fingerprint density at radius 1 is 1.22 bits per heavy atom. The number of halogens is 3. The monoisotopic (exact) mass is 499 g/mol. The lowest BCUT2D eigenvalue weighted by atomic mass is 10.0. The van der Waals surface area contributed by atoms with E-state index in [1.165, 1.54) is 0 Å². The first-order chi connectivity index (χ1) is 17.3. The number of piperidine rings is 1. The zero-order valence-corrected chi connectivity index (χ0v) is 19.9. The minimum absolute atomic E-state index is 0.0225. The smallest absolute Gasteiger partial charge is 0.187 e. The number of nitrogen functional groups attached to an aromatic ring is 1. The number of carbonyl (C=O) groups excluding carboxylic acids is 1. The van der Waals surface area contributed by atoms with Crippen LogP contribution in [0.2, 0.25) is 0 Å². The molecule has 1 aliphatic rings. The second kappa shape index (κ2) is 10.9. The topological polar surface area (TPSA) is 107 Å². The van der Waals surface area contributed by atoms with Gasteiger partial charge in [-0.1, -0.05) is 6.92 Å². The number of ketones is 1. The van der Waals surface area contributed by atoms with E-state index in [1.54, 1.807) is 18.5 Å². The molecule has 0 amide bonds. The van der Waals surface area contributed by atoms with Crippen LogP contribution in [0.25, 0.3) is 11.3 Å². The second-order valence-corrected chi connectivity index (χ2v) is 8.79. The predicted molar refractivity (Wildman–Crippen MR) is 131 cm³/mol. The second-order valence-electron chi connectivity index (χ2n) is 8.79. The van der Waals surface area contributed by atoms with Gasteiger partial charge in [-0.25, -0.2) is 18.2 Å². The Kier molecular flexibility index (Phi) is 7.73. The Hall–Kier alpha value is -3.66. The van der Waals surface area contributed by atoms with Crippen molar-refractivity contribution in [3.63, 3.8) is 0 Å². The van der Waals surface area contributed by atoms with Crippen LogP contribution < -0.4 is 21.1 Å². The summed E-state index contributed by atoms with van der Waals surface area (Å²) in [5, 5.41) is 0. The van der Waals surface area contributed by atoms with Gasteiger partial charge in [0.05, 0.1) is 17.9 Å². The van der Waals surface area contributed by atoms with Crippen LogP contribution in [-0.2, 0) is 6.42 Å². The lowest BCUT2D eigenvalue weighted by molar-refractivity contribution is 0.0989. The molecule has 1 saturated heterocycles. The molecule has 190 valence electrons. The number of ether oxygens (including phenoxy) is 1. The number of rotatable bonds is 8. The molecule has 3 aromatic rings. The van der Waals surface area contributed by atoms with Gasteiger partial charge in [-0.05, 0) is 37.5 Å². The normalized spacial score (nSPS) is 15.7. The quantitative estimate of drug-likeness (QED) is 0.446. The van der Waals surface area contributed by atoms with Crippen molar-refractivity contribution in [3.05, 3.63) is 65.4 Å². The van der Waals surface area contributed by atoms with Crippen molar-refractivity contribution in [2.24, 2.45) is 5.73 Å². The first-order valence-electron chi connectivity index (χ1n) is 11.8. The van der Waals surface area contributed by atoms with E-state index in [1.807, 2.05) is 6.92 Å². The van der Waals surface area contributed by atoms with E-state index >= 15 is 4.39 Å². The van der Waals surface area contributed by atoms with Crippen molar-refractivity contribution in [2.75, 3.05) is 30.3 Å². The summed E-state index contributed by atoms with van der Waals surface area (Å²) in [5.74, 6) is -3.97. The molecule has 4 rings (SSSR count). The fraction of sp³-hybridized carbons (Fsp3) is 0.346. The molecule has 7 nitrogen and oxygen atoms in total. The third-order valence-corrected chi connectivity index (χ3v) is 6.05. The van der Waals surface area contributed by atoms with Gasteiger partial charge in [-0.15, -0.1) is 0 Å². The SMILES string of the molecule is CCCOc1ccc(F)c(-c2nc(C(=O)Cc3cnccc3N3CCC[C@H](N)C3)c(N)cc2F)c1F. The van der Waals surface area contributed by atoms with Crippen molar-refractivity contribution in [3.8, 4) is 17.0 Å². The van der Waals surface area contributed by atoms with Crippen LogP contribution in [0.1, 0.15) is 42.2 Å². The Morgan fingerprint density at radius 2 is 2.03 bits per heavy atom. The number of hydrogen-bond donors (Lipinski definition) is 2. The zero-order valence-electron chi connectivity index (χ0n) is 19.9. The molecular weight excluding hydrogens is 471 g/mol. The highest BCUT2D eigenvalue weighted by Gasteiger charge is 2.26. The van der Waals surface area contributed by atoms with Gasteiger partial charge in [0.15, 0.2) is 23.2 Å². The number of aromatic nitrogens is 2. The van der Waals surface area contributed by atoms with E-state index < -0.39 is 34.5 Å². The molecule has 0 unspecified atom stereocenters. The molecule has 0 aliphatic carbocycles. The highest BCUT2D eigenvalue weighted by atomic mass is 19.1. The maximum Gasteiger partial charge on any atom is 0.187 e. The van der Waals surface area contributed by atoms with Crippen molar-refractivity contribution < 1.29 is 22.7 Å². The van der Waals surface area contributed by atoms with Crippen LogP contribution in [-0.4, -0.2) is 41.5 Å².